The number of amides is 1. The molecule has 0 aliphatic heterocycles. The van der Waals surface area contributed by atoms with E-state index < -0.39 is 0 Å². The summed E-state index contributed by atoms with van der Waals surface area (Å²) in [7, 11) is 1.79. The number of hydrogen-bond donors (Lipinski definition) is 2. The summed E-state index contributed by atoms with van der Waals surface area (Å²) in [4.78, 5) is 12.0. The SMILES string of the molecule is CNc1ccccc1C(=O)NCc1ccc(C)o1. The first-order valence-corrected chi connectivity index (χ1v) is 5.81. The Morgan fingerprint density at radius 1 is 1.22 bits per heavy atom. The van der Waals surface area contributed by atoms with Crippen LogP contribution < -0.4 is 10.6 Å². The second-order valence-electron chi connectivity index (χ2n) is 3.99. The molecule has 0 aliphatic carbocycles. The molecule has 0 bridgehead atoms. The fraction of sp³-hybridized carbons (Fsp3) is 0.214. The molecule has 94 valence electrons. The molecule has 0 saturated heterocycles. The summed E-state index contributed by atoms with van der Waals surface area (Å²) in [5, 5.41) is 5.83. The van der Waals surface area contributed by atoms with Gasteiger partial charge in [-0.05, 0) is 31.2 Å². The minimum atomic E-state index is -0.117. The Morgan fingerprint density at radius 2 is 2.00 bits per heavy atom. The number of carbonyl (C=O) groups excluding carboxylic acids is 1. The largest absolute Gasteiger partial charge is 0.465 e. The third kappa shape index (κ3) is 2.71. The number of carbonyl (C=O) groups is 1. The van der Waals surface area contributed by atoms with E-state index in [9.17, 15) is 4.79 Å². The van der Waals surface area contributed by atoms with E-state index in [0.29, 0.717) is 12.1 Å². The Bertz CT molecular complexity index is 546. The van der Waals surface area contributed by atoms with E-state index in [-0.39, 0.29) is 5.91 Å². The van der Waals surface area contributed by atoms with Gasteiger partial charge >= 0.3 is 0 Å². The Labute approximate surface area is 106 Å². The standard InChI is InChI=1S/C14H16N2O2/c1-10-7-8-11(18-10)9-16-14(17)12-5-3-4-6-13(12)15-2/h3-8,15H,9H2,1-2H3,(H,16,17). The van der Waals surface area contributed by atoms with Crippen LogP contribution in [-0.2, 0) is 6.54 Å². The first-order chi connectivity index (χ1) is 8.70. The molecule has 1 amide bonds. The summed E-state index contributed by atoms with van der Waals surface area (Å²) < 4.78 is 5.40. The second kappa shape index (κ2) is 5.40. The number of nitrogens with one attached hydrogen (secondary N) is 2. The molecule has 4 heteroatoms. The van der Waals surface area contributed by atoms with Gasteiger partial charge in [0.1, 0.15) is 11.5 Å². The zero-order chi connectivity index (χ0) is 13.0. The maximum atomic E-state index is 12.0. The molecule has 0 unspecified atom stereocenters. The minimum Gasteiger partial charge on any atom is -0.465 e. The summed E-state index contributed by atoms with van der Waals surface area (Å²) in [6.45, 7) is 2.27. The maximum Gasteiger partial charge on any atom is 0.253 e. The van der Waals surface area contributed by atoms with E-state index in [2.05, 4.69) is 10.6 Å². The van der Waals surface area contributed by atoms with Gasteiger partial charge in [-0.25, -0.2) is 0 Å². The molecule has 2 rings (SSSR count). The van der Waals surface area contributed by atoms with E-state index >= 15 is 0 Å². The van der Waals surface area contributed by atoms with Crippen molar-refractivity contribution in [2.45, 2.75) is 13.5 Å². The summed E-state index contributed by atoms with van der Waals surface area (Å²) in [5.74, 6) is 1.48. The average Bonchev–Trinajstić information content (AvgIpc) is 2.81. The van der Waals surface area contributed by atoms with Crippen LogP contribution in [-0.4, -0.2) is 13.0 Å². The number of aryl methyl sites for hydroxylation is 1. The highest BCUT2D eigenvalue weighted by molar-refractivity contribution is 5.99. The number of hydrogen-bond acceptors (Lipinski definition) is 3. The predicted molar refractivity (Wildman–Crippen MR) is 70.6 cm³/mol. The molecule has 18 heavy (non-hydrogen) atoms. The van der Waals surface area contributed by atoms with Crippen LogP contribution in [0.2, 0.25) is 0 Å². The smallest absolute Gasteiger partial charge is 0.253 e. The molecule has 0 aliphatic rings. The van der Waals surface area contributed by atoms with Crippen molar-refractivity contribution in [3.8, 4) is 0 Å². The summed E-state index contributed by atoms with van der Waals surface area (Å²) >= 11 is 0. The Morgan fingerprint density at radius 3 is 2.67 bits per heavy atom. The highest BCUT2D eigenvalue weighted by Crippen LogP contribution is 2.14. The fourth-order valence-electron chi connectivity index (χ4n) is 1.74. The molecular formula is C14H16N2O2. The lowest BCUT2D eigenvalue weighted by atomic mass is 10.1. The van der Waals surface area contributed by atoms with Gasteiger partial charge in [0.15, 0.2) is 0 Å². The molecule has 4 nitrogen and oxygen atoms in total. The van der Waals surface area contributed by atoms with Gasteiger partial charge in [-0.1, -0.05) is 12.1 Å². The van der Waals surface area contributed by atoms with Crippen molar-refractivity contribution in [3.05, 3.63) is 53.5 Å². The van der Waals surface area contributed by atoms with E-state index in [1.54, 1.807) is 13.1 Å². The molecule has 1 heterocycles. The Hall–Kier alpha value is -2.23. The van der Waals surface area contributed by atoms with E-state index in [4.69, 9.17) is 4.42 Å². The average molecular weight is 244 g/mol. The monoisotopic (exact) mass is 244 g/mol. The van der Waals surface area contributed by atoms with Gasteiger partial charge in [0.25, 0.3) is 5.91 Å². The van der Waals surface area contributed by atoms with Crippen molar-refractivity contribution >= 4 is 11.6 Å². The molecule has 0 spiro atoms. The van der Waals surface area contributed by atoms with E-state index in [0.717, 1.165) is 17.2 Å². The first-order valence-electron chi connectivity index (χ1n) is 5.81. The Balaban J connectivity index is 2.03. The number of furan rings is 1. The van der Waals surface area contributed by atoms with E-state index in [1.807, 2.05) is 37.3 Å². The molecule has 2 N–H and O–H groups in total. The highest BCUT2D eigenvalue weighted by atomic mass is 16.3. The molecule has 1 aromatic carbocycles. The predicted octanol–water partition coefficient (Wildman–Crippen LogP) is 2.56. The van der Waals surface area contributed by atoms with Crippen LogP contribution in [0.25, 0.3) is 0 Å². The molecule has 2 aromatic rings. The molecular weight excluding hydrogens is 228 g/mol. The van der Waals surface area contributed by atoms with Gasteiger partial charge in [-0.15, -0.1) is 0 Å². The van der Waals surface area contributed by atoms with Crippen molar-refractivity contribution in [3.63, 3.8) is 0 Å². The van der Waals surface area contributed by atoms with Gasteiger partial charge in [0.2, 0.25) is 0 Å². The van der Waals surface area contributed by atoms with Gasteiger partial charge in [0, 0.05) is 12.7 Å². The van der Waals surface area contributed by atoms with Crippen molar-refractivity contribution in [2.24, 2.45) is 0 Å². The molecule has 1 aromatic heterocycles. The summed E-state index contributed by atoms with van der Waals surface area (Å²) in [5.41, 5.74) is 1.44. The van der Waals surface area contributed by atoms with Crippen LogP contribution in [0.3, 0.4) is 0 Å². The second-order valence-corrected chi connectivity index (χ2v) is 3.99. The van der Waals surface area contributed by atoms with Crippen LogP contribution in [0.15, 0.2) is 40.8 Å². The van der Waals surface area contributed by atoms with Gasteiger partial charge in [0.05, 0.1) is 12.1 Å². The molecule has 0 saturated carbocycles. The number of benzene rings is 1. The normalized spacial score (nSPS) is 10.1. The quantitative estimate of drug-likeness (QED) is 0.869. The van der Waals surface area contributed by atoms with E-state index in [1.165, 1.54) is 0 Å². The van der Waals surface area contributed by atoms with Crippen molar-refractivity contribution in [1.82, 2.24) is 5.32 Å². The van der Waals surface area contributed by atoms with Gasteiger partial charge in [-0.2, -0.15) is 0 Å². The lowest BCUT2D eigenvalue weighted by molar-refractivity contribution is 0.0948. The van der Waals surface area contributed by atoms with Crippen molar-refractivity contribution < 1.29 is 9.21 Å². The molecule has 0 fully saturated rings. The fourth-order valence-corrected chi connectivity index (χ4v) is 1.74. The van der Waals surface area contributed by atoms with Crippen LogP contribution in [0.4, 0.5) is 5.69 Å². The Kier molecular flexibility index (Phi) is 3.67. The number of rotatable bonds is 4. The highest BCUT2D eigenvalue weighted by Gasteiger charge is 2.10. The lowest BCUT2D eigenvalue weighted by Crippen LogP contribution is -2.23. The van der Waals surface area contributed by atoms with Crippen molar-refractivity contribution in [2.75, 3.05) is 12.4 Å². The molecule has 0 radical (unpaired) electrons. The van der Waals surface area contributed by atoms with Crippen molar-refractivity contribution in [1.29, 1.82) is 0 Å². The van der Waals surface area contributed by atoms with Crippen LogP contribution >= 0.6 is 0 Å². The molecule has 0 atom stereocenters. The zero-order valence-electron chi connectivity index (χ0n) is 10.5. The maximum absolute atomic E-state index is 12.0. The third-order valence-electron chi connectivity index (χ3n) is 2.66. The van der Waals surface area contributed by atoms with Crippen LogP contribution in [0, 0.1) is 6.92 Å². The van der Waals surface area contributed by atoms with Crippen LogP contribution in [0.5, 0.6) is 0 Å². The summed E-state index contributed by atoms with van der Waals surface area (Å²) in [6, 6.07) is 11.1. The van der Waals surface area contributed by atoms with Crippen LogP contribution in [0.1, 0.15) is 21.9 Å². The number of anilines is 1. The number of para-hydroxylation sites is 1. The lowest BCUT2D eigenvalue weighted by Gasteiger charge is -2.08. The zero-order valence-corrected chi connectivity index (χ0v) is 10.5. The first kappa shape index (κ1) is 12.2. The minimum absolute atomic E-state index is 0.117. The van der Waals surface area contributed by atoms with Gasteiger partial charge in [-0.3, -0.25) is 4.79 Å². The topological polar surface area (TPSA) is 54.3 Å². The summed E-state index contributed by atoms with van der Waals surface area (Å²) in [6.07, 6.45) is 0. The third-order valence-corrected chi connectivity index (χ3v) is 2.66. The van der Waals surface area contributed by atoms with Gasteiger partial charge < -0.3 is 15.1 Å².